The molecule has 0 heterocycles. The topological polar surface area (TPSA) is 59.6 Å². The second-order valence-electron chi connectivity index (χ2n) is 6.92. The Balaban J connectivity index is 1.72. The van der Waals surface area contributed by atoms with Gasteiger partial charge in [-0.1, -0.05) is 29.3 Å². The summed E-state index contributed by atoms with van der Waals surface area (Å²) in [6.45, 7) is 4.14. The molecule has 0 aliphatic heterocycles. The van der Waals surface area contributed by atoms with Crippen molar-refractivity contribution >= 4 is 40.5 Å². The molecule has 3 aromatic rings. The van der Waals surface area contributed by atoms with Gasteiger partial charge in [0.15, 0.2) is 11.5 Å². The van der Waals surface area contributed by atoms with Crippen LogP contribution < -0.4 is 20.1 Å². The summed E-state index contributed by atoms with van der Waals surface area (Å²) in [7, 11) is 0. The molecule has 0 bridgehead atoms. The predicted molar refractivity (Wildman–Crippen MR) is 126 cm³/mol. The van der Waals surface area contributed by atoms with Gasteiger partial charge in [0.2, 0.25) is 5.91 Å². The van der Waals surface area contributed by atoms with Crippen molar-refractivity contribution in [2.75, 3.05) is 17.2 Å². The van der Waals surface area contributed by atoms with Gasteiger partial charge >= 0.3 is 0 Å². The van der Waals surface area contributed by atoms with Gasteiger partial charge in [0.05, 0.1) is 11.6 Å². The van der Waals surface area contributed by atoms with Crippen molar-refractivity contribution in [2.45, 2.75) is 27.0 Å². The number of halogens is 3. The number of rotatable bonds is 9. The van der Waals surface area contributed by atoms with Gasteiger partial charge in [-0.05, 0) is 55.0 Å². The van der Waals surface area contributed by atoms with Crippen molar-refractivity contribution in [1.82, 2.24) is 0 Å². The number of ether oxygens (including phenoxy) is 2. The zero-order valence-corrected chi connectivity index (χ0v) is 19.2. The first-order chi connectivity index (χ1) is 15.4. The molecule has 0 atom stereocenters. The highest BCUT2D eigenvalue weighted by atomic mass is 35.5. The molecule has 0 aliphatic rings. The van der Waals surface area contributed by atoms with Crippen LogP contribution >= 0.6 is 23.2 Å². The summed E-state index contributed by atoms with van der Waals surface area (Å²) in [5.74, 6) is 0.342. The van der Waals surface area contributed by atoms with Crippen LogP contribution in [0.25, 0.3) is 0 Å². The first kappa shape index (κ1) is 23.7. The Bertz CT molecular complexity index is 1070. The summed E-state index contributed by atoms with van der Waals surface area (Å²) in [6.07, 6.45) is 0. The van der Waals surface area contributed by atoms with Gasteiger partial charge in [0.25, 0.3) is 0 Å². The molecule has 0 aromatic heterocycles. The molecule has 1 amide bonds. The molecule has 0 unspecified atom stereocenters. The molecule has 0 radical (unpaired) electrons. The molecule has 0 saturated heterocycles. The smallest absolute Gasteiger partial charge is 0.221 e. The molecule has 2 N–H and O–H groups in total. The third kappa shape index (κ3) is 6.28. The SMILES string of the molecule is CCOc1cc(CNc2ccc(NC(C)=O)cc2)c(Cl)cc1OCc1c(F)cccc1Cl. The molecule has 168 valence electrons. The molecule has 0 saturated carbocycles. The highest BCUT2D eigenvalue weighted by Gasteiger charge is 2.14. The van der Waals surface area contributed by atoms with Gasteiger partial charge in [-0.25, -0.2) is 4.39 Å². The van der Waals surface area contributed by atoms with Crippen LogP contribution in [0, 0.1) is 5.82 Å². The van der Waals surface area contributed by atoms with Crippen molar-refractivity contribution < 1.29 is 18.7 Å². The molecule has 3 aromatic carbocycles. The van der Waals surface area contributed by atoms with Crippen molar-refractivity contribution in [1.29, 1.82) is 0 Å². The number of carbonyl (C=O) groups excluding carboxylic acids is 1. The largest absolute Gasteiger partial charge is 0.490 e. The maximum absolute atomic E-state index is 14.0. The van der Waals surface area contributed by atoms with Crippen LogP contribution in [-0.4, -0.2) is 12.5 Å². The molecule has 3 rings (SSSR count). The monoisotopic (exact) mass is 476 g/mol. The fourth-order valence-corrected chi connectivity index (χ4v) is 3.42. The van der Waals surface area contributed by atoms with Crippen LogP contribution in [-0.2, 0) is 17.9 Å². The highest BCUT2D eigenvalue weighted by Crippen LogP contribution is 2.35. The minimum Gasteiger partial charge on any atom is -0.490 e. The summed E-state index contributed by atoms with van der Waals surface area (Å²) in [6, 6.07) is 15.3. The lowest BCUT2D eigenvalue weighted by Crippen LogP contribution is -2.06. The van der Waals surface area contributed by atoms with E-state index in [-0.39, 0.29) is 18.1 Å². The number of amides is 1. The number of carbonyl (C=O) groups is 1. The lowest BCUT2D eigenvalue weighted by molar-refractivity contribution is -0.114. The molecule has 8 heteroatoms. The first-order valence-electron chi connectivity index (χ1n) is 9.99. The third-order valence-electron chi connectivity index (χ3n) is 4.53. The summed E-state index contributed by atoms with van der Waals surface area (Å²) in [5, 5.41) is 6.78. The van der Waals surface area contributed by atoms with Gasteiger partial charge < -0.3 is 20.1 Å². The normalized spacial score (nSPS) is 10.5. The van der Waals surface area contributed by atoms with E-state index in [0.29, 0.717) is 34.7 Å². The van der Waals surface area contributed by atoms with Crippen molar-refractivity contribution in [3.05, 3.63) is 81.6 Å². The van der Waals surface area contributed by atoms with Gasteiger partial charge in [0.1, 0.15) is 12.4 Å². The van der Waals surface area contributed by atoms with Gasteiger partial charge in [-0.2, -0.15) is 0 Å². The zero-order valence-electron chi connectivity index (χ0n) is 17.7. The third-order valence-corrected chi connectivity index (χ3v) is 5.24. The number of benzene rings is 3. The summed E-state index contributed by atoms with van der Waals surface area (Å²) in [4.78, 5) is 11.1. The van der Waals surface area contributed by atoms with E-state index in [9.17, 15) is 9.18 Å². The number of anilines is 2. The average Bonchev–Trinajstić information content (AvgIpc) is 2.75. The molecule has 0 fully saturated rings. The van der Waals surface area contributed by atoms with Crippen LogP contribution in [0.15, 0.2) is 54.6 Å². The Morgan fingerprint density at radius 3 is 2.31 bits per heavy atom. The van der Waals surface area contributed by atoms with Crippen LogP contribution in [0.2, 0.25) is 10.0 Å². The predicted octanol–water partition coefficient (Wildman–Crippen LogP) is 6.68. The van der Waals surface area contributed by atoms with E-state index < -0.39 is 5.82 Å². The van der Waals surface area contributed by atoms with Crippen LogP contribution in [0.3, 0.4) is 0 Å². The van der Waals surface area contributed by atoms with E-state index >= 15 is 0 Å². The number of nitrogens with one attached hydrogen (secondary N) is 2. The van der Waals surface area contributed by atoms with Crippen molar-refractivity contribution in [3.63, 3.8) is 0 Å². The Kier molecular flexibility index (Phi) is 8.20. The highest BCUT2D eigenvalue weighted by molar-refractivity contribution is 6.31. The number of hydrogen-bond donors (Lipinski definition) is 2. The quantitative estimate of drug-likeness (QED) is 0.361. The molecule has 5 nitrogen and oxygen atoms in total. The zero-order chi connectivity index (χ0) is 23.1. The molecule has 0 aliphatic carbocycles. The van der Waals surface area contributed by atoms with E-state index in [4.69, 9.17) is 32.7 Å². The van der Waals surface area contributed by atoms with E-state index in [1.54, 1.807) is 24.3 Å². The van der Waals surface area contributed by atoms with Crippen LogP contribution in [0.4, 0.5) is 15.8 Å². The van der Waals surface area contributed by atoms with Crippen LogP contribution in [0.5, 0.6) is 11.5 Å². The van der Waals surface area contributed by atoms with Crippen LogP contribution in [0.1, 0.15) is 25.0 Å². The van der Waals surface area contributed by atoms with Crippen molar-refractivity contribution in [3.8, 4) is 11.5 Å². The fraction of sp³-hybridized carbons (Fsp3) is 0.208. The van der Waals surface area contributed by atoms with Gasteiger partial charge in [-0.3, -0.25) is 4.79 Å². The van der Waals surface area contributed by atoms with E-state index in [2.05, 4.69) is 10.6 Å². The Morgan fingerprint density at radius 1 is 0.969 bits per heavy atom. The number of hydrogen-bond acceptors (Lipinski definition) is 4. The molecule has 0 spiro atoms. The second-order valence-corrected chi connectivity index (χ2v) is 7.74. The lowest BCUT2D eigenvalue weighted by Gasteiger charge is -2.16. The maximum atomic E-state index is 14.0. The minimum absolute atomic E-state index is 0.0554. The lowest BCUT2D eigenvalue weighted by atomic mass is 10.1. The average molecular weight is 477 g/mol. The van der Waals surface area contributed by atoms with Gasteiger partial charge in [0, 0.05) is 41.5 Å². The van der Waals surface area contributed by atoms with E-state index in [1.165, 1.54) is 13.0 Å². The minimum atomic E-state index is -0.438. The maximum Gasteiger partial charge on any atom is 0.221 e. The Morgan fingerprint density at radius 2 is 1.66 bits per heavy atom. The van der Waals surface area contributed by atoms with E-state index in [1.807, 2.05) is 31.2 Å². The molecular weight excluding hydrogens is 454 g/mol. The Labute approximate surface area is 196 Å². The summed E-state index contributed by atoms with van der Waals surface area (Å²) < 4.78 is 25.5. The Hall–Kier alpha value is -2.96. The van der Waals surface area contributed by atoms with Gasteiger partial charge in [-0.15, -0.1) is 0 Å². The van der Waals surface area contributed by atoms with E-state index in [0.717, 1.165) is 16.9 Å². The fourth-order valence-electron chi connectivity index (χ4n) is 2.99. The second kappa shape index (κ2) is 11.1. The summed E-state index contributed by atoms with van der Waals surface area (Å²) in [5.41, 5.74) is 2.65. The summed E-state index contributed by atoms with van der Waals surface area (Å²) >= 11 is 12.6. The van der Waals surface area contributed by atoms with Crippen molar-refractivity contribution in [2.24, 2.45) is 0 Å². The standard InChI is InChI=1S/C24H23Cl2FN2O3/c1-3-31-23-11-16(13-28-17-7-9-18(10-8-17)29-15(2)30)21(26)12-24(23)32-14-19-20(25)5-4-6-22(19)27/h4-12,28H,3,13-14H2,1-2H3,(H,29,30). The molecular formula is C24H23Cl2FN2O3. The molecule has 32 heavy (non-hydrogen) atoms. The first-order valence-corrected chi connectivity index (χ1v) is 10.8.